The van der Waals surface area contributed by atoms with Crippen molar-refractivity contribution in [3.05, 3.63) is 94.0 Å². The van der Waals surface area contributed by atoms with Gasteiger partial charge in [0.15, 0.2) is 0 Å². The first-order chi connectivity index (χ1) is 17.1. The number of aromatic nitrogens is 1. The first-order valence-electron chi connectivity index (χ1n) is 12.3. The standard InChI is InChI=1S/C29H31N3O3/c1-35-25-13-14-28-27(20-25)26(29(30-28)23-9-11-24(12-10-23)32(33)34)8-5-17-31-18-15-22(16-19-31)21-6-3-2-4-7-21/h2-4,6-7,9-14,20,22,30H,5,8,15-19H2,1H3. The van der Waals surface area contributed by atoms with E-state index >= 15 is 0 Å². The van der Waals surface area contributed by atoms with Crippen molar-refractivity contribution in [2.45, 2.75) is 31.6 Å². The van der Waals surface area contributed by atoms with Crippen molar-refractivity contribution in [3.8, 4) is 17.0 Å². The fourth-order valence-corrected chi connectivity index (χ4v) is 5.30. The number of nitrogens with one attached hydrogen (secondary N) is 1. The maximum Gasteiger partial charge on any atom is 0.269 e. The highest BCUT2D eigenvalue weighted by atomic mass is 16.6. The lowest BCUT2D eigenvalue weighted by atomic mass is 9.89. The fraction of sp³-hybridized carbons (Fsp3) is 0.310. The van der Waals surface area contributed by atoms with Gasteiger partial charge in [0.1, 0.15) is 5.75 Å². The number of hydrogen-bond acceptors (Lipinski definition) is 4. The zero-order valence-electron chi connectivity index (χ0n) is 20.1. The van der Waals surface area contributed by atoms with Gasteiger partial charge in [-0.2, -0.15) is 0 Å². The lowest BCUT2D eigenvalue weighted by molar-refractivity contribution is -0.384. The number of hydrogen-bond donors (Lipinski definition) is 1. The molecule has 0 atom stereocenters. The van der Waals surface area contributed by atoms with Gasteiger partial charge in [-0.25, -0.2) is 0 Å². The average Bonchev–Trinajstić information content (AvgIpc) is 3.27. The third-order valence-corrected chi connectivity index (χ3v) is 7.24. The molecular weight excluding hydrogens is 438 g/mol. The van der Waals surface area contributed by atoms with Gasteiger partial charge < -0.3 is 14.6 Å². The number of nitro groups is 1. The molecule has 5 rings (SSSR count). The van der Waals surface area contributed by atoms with Gasteiger partial charge in [-0.1, -0.05) is 30.3 Å². The second-order valence-corrected chi connectivity index (χ2v) is 9.32. The molecule has 0 radical (unpaired) electrons. The third kappa shape index (κ3) is 5.08. The number of piperidine rings is 1. The Labute approximate surface area is 205 Å². The minimum absolute atomic E-state index is 0.104. The molecule has 0 bridgehead atoms. The van der Waals surface area contributed by atoms with E-state index in [0.717, 1.165) is 60.4 Å². The summed E-state index contributed by atoms with van der Waals surface area (Å²) in [6, 6.07) is 23.8. The second kappa shape index (κ2) is 10.3. The maximum absolute atomic E-state index is 11.1. The molecular formula is C29H31N3O3. The number of non-ortho nitro benzene ring substituents is 1. The van der Waals surface area contributed by atoms with Crippen LogP contribution in [0.1, 0.15) is 36.3 Å². The molecule has 1 aliphatic heterocycles. The number of H-pyrrole nitrogens is 1. The van der Waals surface area contributed by atoms with Crippen LogP contribution < -0.4 is 4.74 Å². The molecule has 6 heteroatoms. The largest absolute Gasteiger partial charge is 0.497 e. The summed E-state index contributed by atoms with van der Waals surface area (Å²) in [4.78, 5) is 16.9. The highest BCUT2D eigenvalue weighted by Gasteiger charge is 2.21. The van der Waals surface area contributed by atoms with Gasteiger partial charge in [0.05, 0.1) is 12.0 Å². The van der Waals surface area contributed by atoms with Crippen LogP contribution in [0.3, 0.4) is 0 Å². The van der Waals surface area contributed by atoms with Crippen molar-refractivity contribution in [3.63, 3.8) is 0 Å². The molecule has 180 valence electrons. The van der Waals surface area contributed by atoms with Crippen LogP contribution >= 0.6 is 0 Å². The first kappa shape index (κ1) is 23.1. The van der Waals surface area contributed by atoms with Gasteiger partial charge in [0.2, 0.25) is 0 Å². The number of benzene rings is 3. The Morgan fingerprint density at radius 1 is 1.03 bits per heavy atom. The zero-order valence-corrected chi connectivity index (χ0v) is 20.1. The number of nitrogens with zero attached hydrogens (tertiary/aromatic N) is 2. The van der Waals surface area contributed by atoms with E-state index in [1.165, 1.54) is 24.0 Å². The Bertz CT molecular complexity index is 1290. The summed E-state index contributed by atoms with van der Waals surface area (Å²) in [6.45, 7) is 3.34. The number of nitro benzene ring substituents is 1. The number of aryl methyl sites for hydroxylation is 1. The van der Waals surface area contributed by atoms with Crippen molar-refractivity contribution < 1.29 is 9.66 Å². The monoisotopic (exact) mass is 469 g/mol. The number of fused-ring (bicyclic) bond motifs is 1. The van der Waals surface area contributed by atoms with Crippen LogP contribution in [0, 0.1) is 10.1 Å². The van der Waals surface area contributed by atoms with E-state index in [-0.39, 0.29) is 10.6 Å². The third-order valence-electron chi connectivity index (χ3n) is 7.24. The van der Waals surface area contributed by atoms with Gasteiger partial charge in [-0.15, -0.1) is 0 Å². The molecule has 1 saturated heterocycles. The molecule has 0 amide bonds. The normalized spacial score (nSPS) is 14.9. The van der Waals surface area contributed by atoms with E-state index in [4.69, 9.17) is 4.74 Å². The maximum atomic E-state index is 11.1. The number of rotatable bonds is 8. The van der Waals surface area contributed by atoms with Crippen LogP contribution in [0.5, 0.6) is 5.75 Å². The van der Waals surface area contributed by atoms with Crippen LogP contribution in [0.25, 0.3) is 22.2 Å². The van der Waals surface area contributed by atoms with E-state index in [2.05, 4.69) is 46.3 Å². The first-order valence-corrected chi connectivity index (χ1v) is 12.3. The second-order valence-electron chi connectivity index (χ2n) is 9.32. The van der Waals surface area contributed by atoms with Crippen LogP contribution in [-0.4, -0.2) is 41.6 Å². The Balaban J connectivity index is 1.30. The Morgan fingerprint density at radius 2 is 1.77 bits per heavy atom. The summed E-state index contributed by atoms with van der Waals surface area (Å²) in [5.41, 5.74) is 5.86. The topological polar surface area (TPSA) is 71.4 Å². The van der Waals surface area contributed by atoms with E-state index in [9.17, 15) is 10.1 Å². The molecule has 1 aliphatic rings. The predicted octanol–water partition coefficient (Wildman–Crippen LogP) is 6.56. The lowest BCUT2D eigenvalue weighted by Gasteiger charge is -2.32. The minimum atomic E-state index is -0.359. The molecule has 0 spiro atoms. The molecule has 4 aromatic rings. The van der Waals surface area contributed by atoms with E-state index < -0.39 is 0 Å². The van der Waals surface area contributed by atoms with Crippen molar-refractivity contribution in [1.82, 2.24) is 9.88 Å². The van der Waals surface area contributed by atoms with Crippen LogP contribution in [-0.2, 0) is 6.42 Å². The molecule has 1 N–H and O–H groups in total. The zero-order chi connectivity index (χ0) is 24.2. The van der Waals surface area contributed by atoms with Gasteiger partial charge in [0, 0.05) is 28.7 Å². The number of likely N-dealkylation sites (tertiary alicyclic amines) is 1. The minimum Gasteiger partial charge on any atom is -0.497 e. The van der Waals surface area contributed by atoms with E-state index in [0.29, 0.717) is 5.92 Å². The number of ether oxygens (including phenoxy) is 1. The average molecular weight is 470 g/mol. The quantitative estimate of drug-likeness (QED) is 0.234. The smallest absolute Gasteiger partial charge is 0.269 e. The van der Waals surface area contributed by atoms with Crippen molar-refractivity contribution in [1.29, 1.82) is 0 Å². The Kier molecular flexibility index (Phi) is 6.82. The van der Waals surface area contributed by atoms with E-state index in [1.54, 1.807) is 19.2 Å². The summed E-state index contributed by atoms with van der Waals surface area (Å²) in [7, 11) is 1.68. The van der Waals surface area contributed by atoms with Crippen LogP contribution in [0.2, 0.25) is 0 Å². The van der Waals surface area contributed by atoms with E-state index in [1.807, 2.05) is 24.3 Å². The van der Waals surface area contributed by atoms with Gasteiger partial charge in [-0.3, -0.25) is 10.1 Å². The lowest BCUT2D eigenvalue weighted by Crippen LogP contribution is -2.33. The molecule has 35 heavy (non-hydrogen) atoms. The summed E-state index contributed by atoms with van der Waals surface area (Å²) < 4.78 is 5.48. The SMILES string of the molecule is COc1ccc2[nH]c(-c3ccc([N+](=O)[O-])cc3)c(CCCN3CCC(c4ccccc4)CC3)c2c1. The molecule has 0 aliphatic carbocycles. The number of methoxy groups -OCH3 is 1. The summed E-state index contributed by atoms with van der Waals surface area (Å²) in [6.07, 6.45) is 4.41. The van der Waals surface area contributed by atoms with Crippen LogP contribution in [0.4, 0.5) is 5.69 Å². The molecule has 0 saturated carbocycles. The summed E-state index contributed by atoms with van der Waals surface area (Å²) >= 11 is 0. The fourth-order valence-electron chi connectivity index (χ4n) is 5.30. The predicted molar refractivity (Wildman–Crippen MR) is 140 cm³/mol. The van der Waals surface area contributed by atoms with Gasteiger partial charge in [-0.05, 0) is 98.3 Å². The summed E-state index contributed by atoms with van der Waals surface area (Å²) in [5, 5.41) is 12.3. The Morgan fingerprint density at radius 3 is 2.46 bits per heavy atom. The van der Waals surface area contributed by atoms with Gasteiger partial charge >= 0.3 is 0 Å². The van der Waals surface area contributed by atoms with Gasteiger partial charge in [0.25, 0.3) is 5.69 Å². The molecule has 1 aromatic heterocycles. The van der Waals surface area contributed by atoms with Crippen LogP contribution in [0.15, 0.2) is 72.8 Å². The molecule has 6 nitrogen and oxygen atoms in total. The Hall–Kier alpha value is -3.64. The van der Waals surface area contributed by atoms with Crippen molar-refractivity contribution >= 4 is 16.6 Å². The molecule has 1 fully saturated rings. The molecule has 3 aromatic carbocycles. The molecule has 2 heterocycles. The van der Waals surface area contributed by atoms with Crippen molar-refractivity contribution in [2.75, 3.05) is 26.7 Å². The summed E-state index contributed by atoms with van der Waals surface area (Å²) in [5.74, 6) is 1.50. The van der Waals surface area contributed by atoms with Crippen molar-refractivity contribution in [2.24, 2.45) is 0 Å². The highest BCUT2D eigenvalue weighted by Crippen LogP contribution is 2.34. The number of aromatic amines is 1. The molecule has 0 unspecified atom stereocenters. The highest BCUT2D eigenvalue weighted by molar-refractivity contribution is 5.91.